The summed E-state index contributed by atoms with van der Waals surface area (Å²) in [6.07, 6.45) is 7.92. The zero-order chi connectivity index (χ0) is 13.6. The van der Waals surface area contributed by atoms with E-state index in [0.29, 0.717) is 12.0 Å². The van der Waals surface area contributed by atoms with Crippen molar-refractivity contribution in [2.45, 2.75) is 77.8 Å². The van der Waals surface area contributed by atoms with Gasteiger partial charge in [0.2, 0.25) is 0 Å². The Hall–Kier alpha value is -0.120. The molecule has 0 aromatic heterocycles. The van der Waals surface area contributed by atoms with Crippen molar-refractivity contribution < 1.29 is 0 Å². The van der Waals surface area contributed by atoms with Crippen molar-refractivity contribution >= 4 is 0 Å². The average molecular weight is 255 g/mol. The predicted octanol–water partition coefficient (Wildman–Crippen LogP) is 2.91. The Morgan fingerprint density at radius 1 is 1.17 bits per heavy atom. The van der Waals surface area contributed by atoms with Gasteiger partial charge in [0.15, 0.2) is 0 Å². The molecule has 0 aromatic rings. The molecule has 3 nitrogen and oxygen atoms in total. The fraction of sp³-hybridized carbons (Fsp3) is 1.00. The second-order valence-electron chi connectivity index (χ2n) is 6.47. The first-order valence-corrected chi connectivity index (χ1v) is 7.75. The maximum Gasteiger partial charge on any atom is 0.0414 e. The van der Waals surface area contributed by atoms with E-state index in [-0.39, 0.29) is 5.54 Å². The first kappa shape index (κ1) is 15.9. The third-order valence-electron chi connectivity index (χ3n) is 4.67. The van der Waals surface area contributed by atoms with Crippen LogP contribution in [-0.4, -0.2) is 29.6 Å². The highest BCUT2D eigenvalue weighted by molar-refractivity contribution is 4.95. The smallest absolute Gasteiger partial charge is 0.0414 e. The molecule has 108 valence electrons. The fourth-order valence-electron chi connectivity index (χ4n) is 3.53. The van der Waals surface area contributed by atoms with E-state index in [1.54, 1.807) is 0 Å². The van der Waals surface area contributed by atoms with Crippen molar-refractivity contribution in [3.05, 3.63) is 0 Å². The SMILES string of the molecule is CCCC(C)C(NN)C(C)(C)N1CCCCCC1. The summed E-state index contributed by atoms with van der Waals surface area (Å²) in [7, 11) is 0. The second-order valence-corrected chi connectivity index (χ2v) is 6.47. The van der Waals surface area contributed by atoms with Crippen LogP contribution in [0.5, 0.6) is 0 Å². The topological polar surface area (TPSA) is 41.3 Å². The van der Waals surface area contributed by atoms with Crippen LogP contribution in [0.15, 0.2) is 0 Å². The first-order chi connectivity index (χ1) is 8.54. The molecule has 0 spiro atoms. The van der Waals surface area contributed by atoms with E-state index in [9.17, 15) is 0 Å². The lowest BCUT2D eigenvalue weighted by Gasteiger charge is -2.46. The Kier molecular flexibility index (Phi) is 6.61. The number of likely N-dealkylation sites (tertiary alicyclic amines) is 1. The molecule has 0 aliphatic carbocycles. The van der Waals surface area contributed by atoms with Crippen LogP contribution in [0.25, 0.3) is 0 Å². The van der Waals surface area contributed by atoms with E-state index < -0.39 is 0 Å². The van der Waals surface area contributed by atoms with E-state index >= 15 is 0 Å². The summed E-state index contributed by atoms with van der Waals surface area (Å²) >= 11 is 0. The third-order valence-corrected chi connectivity index (χ3v) is 4.67. The molecule has 2 unspecified atom stereocenters. The molecule has 0 radical (unpaired) electrons. The van der Waals surface area contributed by atoms with Gasteiger partial charge in [-0.3, -0.25) is 16.2 Å². The maximum atomic E-state index is 5.86. The molecule has 0 aromatic carbocycles. The van der Waals surface area contributed by atoms with Crippen molar-refractivity contribution in [1.29, 1.82) is 0 Å². The van der Waals surface area contributed by atoms with Gasteiger partial charge in [-0.05, 0) is 52.1 Å². The van der Waals surface area contributed by atoms with Gasteiger partial charge in [-0.2, -0.15) is 0 Å². The Bertz CT molecular complexity index is 220. The summed E-state index contributed by atoms with van der Waals surface area (Å²) in [6.45, 7) is 11.7. The molecule has 0 bridgehead atoms. The molecule has 2 atom stereocenters. The number of nitrogens with zero attached hydrogens (tertiary/aromatic N) is 1. The Morgan fingerprint density at radius 2 is 1.72 bits per heavy atom. The number of nitrogens with one attached hydrogen (secondary N) is 1. The van der Waals surface area contributed by atoms with Crippen LogP contribution in [0.1, 0.15) is 66.2 Å². The first-order valence-electron chi connectivity index (χ1n) is 7.75. The van der Waals surface area contributed by atoms with E-state index in [4.69, 9.17) is 5.84 Å². The Labute approximate surface area is 113 Å². The van der Waals surface area contributed by atoms with Crippen LogP contribution in [0.2, 0.25) is 0 Å². The van der Waals surface area contributed by atoms with Gasteiger partial charge in [-0.25, -0.2) is 0 Å². The lowest BCUT2D eigenvalue weighted by Crippen LogP contribution is -2.62. The van der Waals surface area contributed by atoms with Crippen molar-refractivity contribution in [1.82, 2.24) is 10.3 Å². The van der Waals surface area contributed by atoms with Gasteiger partial charge in [0.05, 0.1) is 0 Å². The molecule has 1 heterocycles. The molecular weight excluding hydrogens is 222 g/mol. The quantitative estimate of drug-likeness (QED) is 0.566. The average Bonchev–Trinajstić information content (AvgIpc) is 2.58. The highest BCUT2D eigenvalue weighted by atomic mass is 15.3. The van der Waals surface area contributed by atoms with Crippen molar-refractivity contribution in [3.8, 4) is 0 Å². The minimum Gasteiger partial charge on any atom is -0.297 e. The molecule has 1 aliphatic heterocycles. The molecule has 1 aliphatic rings. The largest absolute Gasteiger partial charge is 0.297 e. The van der Waals surface area contributed by atoms with Crippen LogP contribution < -0.4 is 11.3 Å². The minimum atomic E-state index is 0.147. The lowest BCUT2D eigenvalue weighted by atomic mass is 9.82. The predicted molar refractivity (Wildman–Crippen MR) is 79.3 cm³/mol. The lowest BCUT2D eigenvalue weighted by molar-refractivity contribution is 0.0598. The van der Waals surface area contributed by atoms with Crippen molar-refractivity contribution in [2.24, 2.45) is 11.8 Å². The Morgan fingerprint density at radius 3 is 2.17 bits per heavy atom. The highest BCUT2D eigenvalue weighted by Crippen LogP contribution is 2.28. The van der Waals surface area contributed by atoms with E-state index in [0.717, 1.165) is 0 Å². The zero-order valence-electron chi connectivity index (χ0n) is 12.8. The molecule has 0 saturated carbocycles. The molecule has 18 heavy (non-hydrogen) atoms. The normalized spacial score (nSPS) is 22.5. The molecule has 3 heteroatoms. The molecule has 1 saturated heterocycles. The van der Waals surface area contributed by atoms with E-state index in [1.165, 1.54) is 51.6 Å². The van der Waals surface area contributed by atoms with Crippen molar-refractivity contribution in [3.63, 3.8) is 0 Å². The number of nitrogens with two attached hydrogens (primary N) is 1. The van der Waals surface area contributed by atoms with Crippen LogP contribution in [0.3, 0.4) is 0 Å². The van der Waals surface area contributed by atoms with Crippen LogP contribution in [0.4, 0.5) is 0 Å². The molecule has 3 N–H and O–H groups in total. The fourth-order valence-corrected chi connectivity index (χ4v) is 3.53. The second kappa shape index (κ2) is 7.46. The van der Waals surface area contributed by atoms with Gasteiger partial charge in [0.25, 0.3) is 0 Å². The minimum absolute atomic E-state index is 0.147. The molecule has 1 rings (SSSR count). The summed E-state index contributed by atoms with van der Waals surface area (Å²) in [5.74, 6) is 6.48. The number of hydrogen-bond acceptors (Lipinski definition) is 3. The number of hydrazine groups is 1. The van der Waals surface area contributed by atoms with Gasteiger partial charge in [-0.15, -0.1) is 0 Å². The van der Waals surface area contributed by atoms with Crippen LogP contribution in [-0.2, 0) is 0 Å². The van der Waals surface area contributed by atoms with Gasteiger partial charge < -0.3 is 0 Å². The Balaban J connectivity index is 2.72. The van der Waals surface area contributed by atoms with Crippen LogP contribution >= 0.6 is 0 Å². The number of hydrogen-bond donors (Lipinski definition) is 2. The van der Waals surface area contributed by atoms with Gasteiger partial charge >= 0.3 is 0 Å². The highest BCUT2D eigenvalue weighted by Gasteiger charge is 2.37. The van der Waals surface area contributed by atoms with Crippen molar-refractivity contribution in [2.75, 3.05) is 13.1 Å². The molecule has 1 fully saturated rings. The summed E-state index contributed by atoms with van der Waals surface area (Å²) in [6, 6.07) is 0.371. The molecular formula is C15H33N3. The maximum absolute atomic E-state index is 5.86. The summed E-state index contributed by atoms with van der Waals surface area (Å²) < 4.78 is 0. The van der Waals surface area contributed by atoms with E-state index in [2.05, 4.69) is 38.0 Å². The monoisotopic (exact) mass is 255 g/mol. The van der Waals surface area contributed by atoms with Crippen LogP contribution in [0, 0.1) is 5.92 Å². The van der Waals surface area contributed by atoms with Gasteiger partial charge in [0, 0.05) is 11.6 Å². The molecule has 0 amide bonds. The zero-order valence-corrected chi connectivity index (χ0v) is 12.8. The van der Waals surface area contributed by atoms with E-state index in [1.807, 2.05) is 0 Å². The third kappa shape index (κ3) is 3.94. The number of rotatable bonds is 6. The summed E-state index contributed by atoms with van der Waals surface area (Å²) in [5.41, 5.74) is 3.25. The summed E-state index contributed by atoms with van der Waals surface area (Å²) in [4.78, 5) is 2.65. The summed E-state index contributed by atoms with van der Waals surface area (Å²) in [5, 5.41) is 0. The standard InChI is InChI=1S/C15H33N3/c1-5-10-13(2)14(17-16)15(3,4)18-11-8-6-7-9-12-18/h13-14,17H,5-12,16H2,1-4H3. The van der Waals surface area contributed by atoms with Gasteiger partial charge in [0.1, 0.15) is 0 Å². The van der Waals surface area contributed by atoms with Gasteiger partial charge in [-0.1, -0.05) is 33.1 Å².